The summed E-state index contributed by atoms with van der Waals surface area (Å²) >= 11 is 3.44. The Kier molecular flexibility index (Phi) is 4.14. The van der Waals surface area contributed by atoms with Gasteiger partial charge in [-0.15, -0.1) is 0 Å². The Bertz CT molecular complexity index is 381. The van der Waals surface area contributed by atoms with E-state index in [1.165, 1.54) is 0 Å². The molecule has 94 valence electrons. The minimum Gasteiger partial charge on any atom is -0.396 e. The van der Waals surface area contributed by atoms with E-state index in [4.69, 9.17) is 10.9 Å². The Balaban J connectivity index is 2.12. The number of hydrogen-bond acceptors (Lipinski definition) is 6. The van der Waals surface area contributed by atoms with Gasteiger partial charge in [0.25, 0.3) is 0 Å². The van der Waals surface area contributed by atoms with E-state index in [9.17, 15) is 0 Å². The minimum atomic E-state index is 0.272. The Labute approximate surface area is 108 Å². The minimum absolute atomic E-state index is 0.272. The molecule has 0 saturated carbocycles. The van der Waals surface area contributed by atoms with Crippen LogP contribution in [0, 0.1) is 5.92 Å². The molecule has 1 aliphatic heterocycles. The summed E-state index contributed by atoms with van der Waals surface area (Å²) in [5, 5.41) is 9.10. The fraction of sp³-hybridized carbons (Fsp3) is 0.600. The molecule has 4 N–H and O–H groups in total. The van der Waals surface area contributed by atoms with Gasteiger partial charge in [0, 0.05) is 25.9 Å². The van der Waals surface area contributed by atoms with Gasteiger partial charge in [0.15, 0.2) is 0 Å². The Morgan fingerprint density at radius 2 is 2.24 bits per heavy atom. The average molecular weight is 302 g/mol. The summed E-state index contributed by atoms with van der Waals surface area (Å²) < 4.78 is 0.860. The first-order valence-electron chi connectivity index (χ1n) is 5.59. The van der Waals surface area contributed by atoms with Crippen molar-refractivity contribution in [2.75, 3.05) is 30.0 Å². The molecule has 0 amide bonds. The number of aromatic nitrogens is 2. The highest BCUT2D eigenvalue weighted by Crippen LogP contribution is 2.28. The lowest BCUT2D eigenvalue weighted by Crippen LogP contribution is -2.35. The molecule has 1 saturated heterocycles. The smallest absolute Gasteiger partial charge is 0.239 e. The number of nitrogens with two attached hydrogens (primary N) is 1. The second kappa shape index (κ2) is 5.61. The van der Waals surface area contributed by atoms with Crippen LogP contribution in [0.3, 0.4) is 0 Å². The summed E-state index contributed by atoms with van der Waals surface area (Å²) in [6, 6.07) is 0. The lowest BCUT2D eigenvalue weighted by Gasteiger charge is -2.32. The molecule has 1 fully saturated rings. The van der Waals surface area contributed by atoms with E-state index in [2.05, 4.69) is 36.2 Å². The van der Waals surface area contributed by atoms with Crippen LogP contribution in [0.2, 0.25) is 0 Å². The van der Waals surface area contributed by atoms with Gasteiger partial charge in [-0.1, -0.05) is 0 Å². The number of nitrogens with zero attached hydrogens (tertiary/aromatic N) is 3. The lowest BCUT2D eigenvalue weighted by molar-refractivity contribution is 0.202. The summed E-state index contributed by atoms with van der Waals surface area (Å²) in [6.45, 7) is 2.06. The van der Waals surface area contributed by atoms with Crippen molar-refractivity contribution in [1.82, 2.24) is 9.97 Å². The Hall–Kier alpha value is -0.920. The Morgan fingerprint density at radius 1 is 1.53 bits per heavy atom. The maximum atomic E-state index is 9.10. The number of piperidine rings is 1. The third kappa shape index (κ3) is 2.85. The number of hydrogen-bond donors (Lipinski definition) is 3. The zero-order valence-corrected chi connectivity index (χ0v) is 11.0. The Morgan fingerprint density at radius 3 is 2.82 bits per heavy atom. The van der Waals surface area contributed by atoms with Crippen LogP contribution in [0.1, 0.15) is 12.8 Å². The highest BCUT2D eigenvalue weighted by molar-refractivity contribution is 9.10. The summed E-state index contributed by atoms with van der Waals surface area (Å²) in [4.78, 5) is 10.5. The second-order valence-corrected chi connectivity index (χ2v) is 4.98. The summed E-state index contributed by atoms with van der Waals surface area (Å²) in [5.74, 6) is 6.98. The van der Waals surface area contributed by atoms with Crippen molar-refractivity contribution in [1.29, 1.82) is 0 Å². The number of aliphatic hydroxyl groups excluding tert-OH is 1. The predicted octanol–water partition coefficient (Wildman–Crippen LogP) is 0.733. The van der Waals surface area contributed by atoms with Gasteiger partial charge in [-0.05, 0) is 34.7 Å². The van der Waals surface area contributed by atoms with Gasteiger partial charge in [-0.3, -0.25) is 5.43 Å². The monoisotopic (exact) mass is 301 g/mol. The molecule has 0 spiro atoms. The molecular weight excluding hydrogens is 286 g/mol. The van der Waals surface area contributed by atoms with Crippen LogP contribution in [-0.4, -0.2) is 34.8 Å². The van der Waals surface area contributed by atoms with Crippen molar-refractivity contribution in [2.45, 2.75) is 12.8 Å². The molecule has 17 heavy (non-hydrogen) atoms. The fourth-order valence-corrected chi connectivity index (χ4v) is 2.42. The quantitative estimate of drug-likeness (QED) is 0.564. The van der Waals surface area contributed by atoms with E-state index >= 15 is 0 Å². The molecule has 6 nitrogen and oxygen atoms in total. The molecule has 0 aliphatic carbocycles. The van der Waals surface area contributed by atoms with Crippen molar-refractivity contribution in [3.63, 3.8) is 0 Å². The first-order chi connectivity index (χ1) is 8.24. The van der Waals surface area contributed by atoms with E-state index in [0.717, 1.165) is 36.2 Å². The van der Waals surface area contributed by atoms with Crippen LogP contribution in [0.4, 0.5) is 11.8 Å². The van der Waals surface area contributed by atoms with Crippen LogP contribution in [-0.2, 0) is 0 Å². The van der Waals surface area contributed by atoms with Crippen molar-refractivity contribution in [3.05, 3.63) is 10.7 Å². The van der Waals surface area contributed by atoms with Crippen molar-refractivity contribution in [2.24, 2.45) is 11.8 Å². The number of halogens is 1. The largest absolute Gasteiger partial charge is 0.396 e. The van der Waals surface area contributed by atoms with Crippen molar-refractivity contribution < 1.29 is 5.11 Å². The topological polar surface area (TPSA) is 87.3 Å². The predicted molar refractivity (Wildman–Crippen MR) is 69.6 cm³/mol. The number of hydrazine groups is 1. The van der Waals surface area contributed by atoms with E-state index in [-0.39, 0.29) is 6.61 Å². The van der Waals surface area contributed by atoms with E-state index in [0.29, 0.717) is 11.9 Å². The highest BCUT2D eigenvalue weighted by Gasteiger charge is 2.21. The third-order valence-corrected chi connectivity index (χ3v) is 3.59. The number of rotatable bonds is 3. The molecule has 2 rings (SSSR count). The van der Waals surface area contributed by atoms with Crippen molar-refractivity contribution in [3.8, 4) is 0 Å². The normalized spacial score (nSPS) is 17.2. The second-order valence-electron chi connectivity index (χ2n) is 4.12. The van der Waals surface area contributed by atoms with Gasteiger partial charge in [-0.2, -0.15) is 4.98 Å². The standard InChI is InChI=1S/C10H16BrN5O/c11-8-5-13-10(15-12)14-9(8)16-3-1-7(6-17)2-4-16/h5,7,17H,1-4,6,12H2,(H,13,14,15). The molecule has 1 aromatic heterocycles. The summed E-state index contributed by atoms with van der Waals surface area (Å²) in [6.07, 6.45) is 3.66. The number of anilines is 2. The first kappa shape index (κ1) is 12.5. The van der Waals surface area contributed by atoms with Crippen LogP contribution < -0.4 is 16.2 Å². The van der Waals surface area contributed by atoms with Gasteiger partial charge in [0.1, 0.15) is 5.82 Å². The lowest BCUT2D eigenvalue weighted by atomic mass is 9.98. The molecular formula is C10H16BrN5O. The highest BCUT2D eigenvalue weighted by atomic mass is 79.9. The van der Waals surface area contributed by atoms with Crippen LogP contribution in [0.15, 0.2) is 10.7 Å². The first-order valence-corrected chi connectivity index (χ1v) is 6.39. The molecule has 0 aromatic carbocycles. The molecule has 0 atom stereocenters. The van der Waals surface area contributed by atoms with Crippen LogP contribution in [0.25, 0.3) is 0 Å². The average Bonchev–Trinajstić information content (AvgIpc) is 2.39. The van der Waals surface area contributed by atoms with E-state index in [1.54, 1.807) is 6.20 Å². The zero-order chi connectivity index (χ0) is 12.3. The molecule has 0 unspecified atom stereocenters. The van der Waals surface area contributed by atoms with Gasteiger partial charge in [0.05, 0.1) is 4.47 Å². The third-order valence-electron chi connectivity index (χ3n) is 3.03. The number of aliphatic hydroxyl groups is 1. The molecule has 0 radical (unpaired) electrons. The maximum Gasteiger partial charge on any atom is 0.239 e. The van der Waals surface area contributed by atoms with Crippen molar-refractivity contribution >= 4 is 27.7 Å². The van der Waals surface area contributed by atoms with E-state index in [1.807, 2.05) is 0 Å². The van der Waals surface area contributed by atoms with Crippen LogP contribution >= 0.6 is 15.9 Å². The number of nitrogen functional groups attached to an aromatic ring is 1. The SMILES string of the molecule is NNc1ncc(Br)c(N2CCC(CO)CC2)n1. The van der Waals surface area contributed by atoms with Gasteiger partial charge in [-0.25, -0.2) is 10.8 Å². The van der Waals surface area contributed by atoms with E-state index < -0.39 is 0 Å². The van der Waals surface area contributed by atoms with Gasteiger partial charge >= 0.3 is 0 Å². The molecule has 0 bridgehead atoms. The maximum absolute atomic E-state index is 9.10. The molecule has 1 aliphatic rings. The van der Waals surface area contributed by atoms with Crippen LogP contribution in [0.5, 0.6) is 0 Å². The number of nitrogens with one attached hydrogen (secondary N) is 1. The molecule has 2 heterocycles. The van der Waals surface area contributed by atoms with Gasteiger partial charge < -0.3 is 10.0 Å². The molecule has 1 aromatic rings. The zero-order valence-electron chi connectivity index (χ0n) is 9.43. The van der Waals surface area contributed by atoms with Gasteiger partial charge in [0.2, 0.25) is 5.95 Å². The summed E-state index contributed by atoms with van der Waals surface area (Å²) in [5.41, 5.74) is 2.44. The fourth-order valence-electron chi connectivity index (χ4n) is 1.98. The molecule has 7 heteroatoms. The summed E-state index contributed by atoms with van der Waals surface area (Å²) in [7, 11) is 0.